The Hall–Kier alpha value is -2.52. The Kier molecular flexibility index (Phi) is 6.22. The van der Waals surface area contributed by atoms with Gasteiger partial charge in [0.2, 0.25) is 0 Å². The van der Waals surface area contributed by atoms with Gasteiger partial charge in [-0.2, -0.15) is 5.10 Å². The molecule has 1 saturated heterocycles. The summed E-state index contributed by atoms with van der Waals surface area (Å²) in [6.45, 7) is 5.49. The molecule has 1 N–H and O–H groups in total. The number of nitrogens with one attached hydrogen (secondary N) is 1. The highest BCUT2D eigenvalue weighted by Crippen LogP contribution is 2.32. The number of aromatic amines is 1. The van der Waals surface area contributed by atoms with E-state index in [9.17, 15) is 4.79 Å². The van der Waals surface area contributed by atoms with Crippen LogP contribution in [0.25, 0.3) is 21.5 Å². The van der Waals surface area contributed by atoms with Gasteiger partial charge in [0.05, 0.1) is 23.1 Å². The fourth-order valence-electron chi connectivity index (χ4n) is 5.33. The summed E-state index contributed by atoms with van der Waals surface area (Å²) in [4.78, 5) is 24.9. The van der Waals surface area contributed by atoms with E-state index >= 15 is 0 Å². The predicted molar refractivity (Wildman–Crippen MR) is 141 cm³/mol. The van der Waals surface area contributed by atoms with Crippen molar-refractivity contribution in [2.75, 3.05) is 33.2 Å². The van der Waals surface area contributed by atoms with Crippen LogP contribution in [0, 0.1) is 0 Å². The van der Waals surface area contributed by atoms with E-state index in [4.69, 9.17) is 11.6 Å². The highest BCUT2D eigenvalue weighted by atomic mass is 35.5. The summed E-state index contributed by atoms with van der Waals surface area (Å²) in [6, 6.07) is 10.0. The van der Waals surface area contributed by atoms with Crippen molar-refractivity contribution < 1.29 is 0 Å². The van der Waals surface area contributed by atoms with Crippen molar-refractivity contribution in [1.82, 2.24) is 29.5 Å². The van der Waals surface area contributed by atoms with E-state index in [1.54, 1.807) is 17.7 Å². The number of hydrogen-bond donors (Lipinski definition) is 1. The summed E-state index contributed by atoms with van der Waals surface area (Å²) < 4.78 is 1.81. The number of benzene rings is 1. The molecule has 0 atom stereocenters. The van der Waals surface area contributed by atoms with Crippen molar-refractivity contribution in [3.8, 4) is 11.3 Å². The Morgan fingerprint density at radius 2 is 1.94 bits per heavy atom. The average molecular weight is 509 g/mol. The van der Waals surface area contributed by atoms with E-state index in [-0.39, 0.29) is 5.56 Å². The standard InChI is InChI=1S/C26H29ClN6OS/c1-31-9-8-20-23(15-31)35-25-24(20)26(34)33(16-28-25)13-12-32-10-6-18(7-11-32)22-14-21(29-30-22)17-2-4-19(27)5-3-17/h2-5,14,16,18H,6-13,15H2,1H3,(H,29,30). The number of halogens is 1. The summed E-state index contributed by atoms with van der Waals surface area (Å²) in [5, 5.41) is 9.38. The highest BCUT2D eigenvalue weighted by Gasteiger charge is 2.24. The third-order valence-electron chi connectivity index (χ3n) is 7.43. The van der Waals surface area contributed by atoms with Crippen molar-refractivity contribution in [2.45, 2.75) is 38.3 Å². The fraction of sp³-hybridized carbons (Fsp3) is 0.423. The Bertz CT molecular complexity index is 1400. The Balaban J connectivity index is 1.08. The van der Waals surface area contributed by atoms with Gasteiger partial charge in [-0.25, -0.2) is 4.98 Å². The fourth-order valence-corrected chi connectivity index (χ4v) is 6.71. The van der Waals surface area contributed by atoms with Crippen LogP contribution in [0.5, 0.6) is 0 Å². The number of rotatable bonds is 5. The van der Waals surface area contributed by atoms with Crippen LogP contribution in [0.4, 0.5) is 0 Å². The zero-order chi connectivity index (χ0) is 23.9. The minimum Gasteiger partial charge on any atom is -0.302 e. The van der Waals surface area contributed by atoms with Crippen LogP contribution in [0.1, 0.15) is 34.9 Å². The Labute approximate surface area is 213 Å². The molecule has 0 bridgehead atoms. The minimum absolute atomic E-state index is 0.123. The molecule has 9 heteroatoms. The Morgan fingerprint density at radius 1 is 1.14 bits per heavy atom. The third kappa shape index (κ3) is 4.56. The van der Waals surface area contributed by atoms with Crippen molar-refractivity contribution >= 4 is 33.2 Å². The van der Waals surface area contributed by atoms with Gasteiger partial charge in [-0.15, -0.1) is 11.3 Å². The zero-order valence-electron chi connectivity index (χ0n) is 19.8. The molecule has 1 fully saturated rings. The number of hydrogen-bond acceptors (Lipinski definition) is 6. The molecule has 0 radical (unpaired) electrons. The van der Waals surface area contributed by atoms with Gasteiger partial charge in [0, 0.05) is 42.0 Å². The van der Waals surface area contributed by atoms with Gasteiger partial charge in [-0.05, 0) is 68.7 Å². The number of aromatic nitrogens is 4. The molecule has 0 saturated carbocycles. The van der Waals surface area contributed by atoms with Gasteiger partial charge in [-0.3, -0.25) is 14.5 Å². The van der Waals surface area contributed by atoms with Crippen LogP contribution >= 0.6 is 22.9 Å². The molecule has 1 aromatic carbocycles. The summed E-state index contributed by atoms with van der Waals surface area (Å²) in [5.41, 5.74) is 4.61. The first-order valence-corrected chi connectivity index (χ1v) is 13.5. The van der Waals surface area contributed by atoms with Gasteiger partial charge >= 0.3 is 0 Å². The van der Waals surface area contributed by atoms with Crippen LogP contribution in [0.3, 0.4) is 0 Å². The largest absolute Gasteiger partial charge is 0.302 e. The lowest BCUT2D eigenvalue weighted by atomic mass is 9.93. The molecule has 0 aliphatic carbocycles. The maximum atomic E-state index is 13.3. The summed E-state index contributed by atoms with van der Waals surface area (Å²) in [5.74, 6) is 0.458. The quantitative estimate of drug-likeness (QED) is 0.433. The van der Waals surface area contributed by atoms with Gasteiger partial charge < -0.3 is 9.80 Å². The predicted octanol–water partition coefficient (Wildman–Crippen LogP) is 4.37. The van der Waals surface area contributed by atoms with Crippen LogP contribution in [0.2, 0.25) is 5.02 Å². The number of piperidine rings is 1. The van der Waals surface area contributed by atoms with E-state index in [2.05, 4.69) is 38.1 Å². The first kappa shape index (κ1) is 22.9. The minimum atomic E-state index is 0.123. The first-order valence-electron chi connectivity index (χ1n) is 12.3. The van der Waals surface area contributed by atoms with Gasteiger partial charge in [0.15, 0.2) is 0 Å². The molecule has 6 rings (SSSR count). The molecule has 35 heavy (non-hydrogen) atoms. The van der Waals surface area contributed by atoms with Crippen LogP contribution in [-0.4, -0.2) is 62.8 Å². The summed E-state index contributed by atoms with van der Waals surface area (Å²) in [7, 11) is 2.13. The van der Waals surface area contributed by atoms with Crippen molar-refractivity contribution in [3.05, 3.63) is 68.2 Å². The second-order valence-corrected chi connectivity index (χ2v) is 11.3. The van der Waals surface area contributed by atoms with Crippen molar-refractivity contribution in [2.24, 2.45) is 0 Å². The maximum Gasteiger partial charge on any atom is 0.262 e. The van der Waals surface area contributed by atoms with Gasteiger partial charge in [0.25, 0.3) is 5.56 Å². The number of fused-ring (bicyclic) bond motifs is 3. The molecule has 0 amide bonds. The van der Waals surface area contributed by atoms with Gasteiger partial charge in [-0.1, -0.05) is 23.7 Å². The molecule has 5 heterocycles. The van der Waals surface area contributed by atoms with E-state index in [1.165, 1.54) is 10.4 Å². The topological polar surface area (TPSA) is 70.1 Å². The molecular formula is C26H29ClN6OS. The summed E-state index contributed by atoms with van der Waals surface area (Å²) in [6.07, 6.45) is 4.82. The Morgan fingerprint density at radius 3 is 2.74 bits per heavy atom. The van der Waals surface area contributed by atoms with Gasteiger partial charge in [0.1, 0.15) is 4.83 Å². The second kappa shape index (κ2) is 9.50. The van der Waals surface area contributed by atoms with E-state index < -0.39 is 0 Å². The second-order valence-electron chi connectivity index (χ2n) is 9.74. The van der Waals surface area contributed by atoms with Crippen LogP contribution in [0.15, 0.2) is 41.5 Å². The SMILES string of the molecule is CN1CCc2c(sc3ncn(CCN4CCC(c5cc(-c6ccc(Cl)cc6)[nH]n5)CC4)c(=O)c23)C1. The maximum absolute atomic E-state index is 13.3. The lowest BCUT2D eigenvalue weighted by Crippen LogP contribution is -2.37. The lowest BCUT2D eigenvalue weighted by molar-refractivity contribution is 0.203. The molecule has 3 aromatic heterocycles. The van der Waals surface area contributed by atoms with Crippen molar-refractivity contribution in [1.29, 1.82) is 0 Å². The third-order valence-corrected chi connectivity index (χ3v) is 8.81. The van der Waals surface area contributed by atoms with Crippen LogP contribution in [-0.2, 0) is 19.5 Å². The first-order chi connectivity index (χ1) is 17.0. The molecule has 2 aliphatic heterocycles. The molecule has 0 spiro atoms. The zero-order valence-corrected chi connectivity index (χ0v) is 21.4. The molecule has 0 unspecified atom stereocenters. The number of likely N-dealkylation sites (N-methyl/N-ethyl adjacent to an activating group) is 1. The van der Waals surface area contributed by atoms with E-state index in [0.29, 0.717) is 12.5 Å². The van der Waals surface area contributed by atoms with Crippen LogP contribution < -0.4 is 5.56 Å². The number of nitrogens with zero attached hydrogens (tertiary/aromatic N) is 5. The smallest absolute Gasteiger partial charge is 0.262 e. The highest BCUT2D eigenvalue weighted by molar-refractivity contribution is 7.18. The summed E-state index contributed by atoms with van der Waals surface area (Å²) >= 11 is 7.69. The molecular weight excluding hydrogens is 480 g/mol. The average Bonchev–Trinajstić information content (AvgIpc) is 3.50. The number of thiophene rings is 1. The molecule has 7 nitrogen and oxygen atoms in total. The van der Waals surface area contributed by atoms with E-state index in [1.807, 2.05) is 28.8 Å². The monoisotopic (exact) mass is 508 g/mol. The van der Waals surface area contributed by atoms with E-state index in [0.717, 1.165) is 84.2 Å². The molecule has 2 aliphatic rings. The molecule has 182 valence electrons. The van der Waals surface area contributed by atoms with Crippen molar-refractivity contribution in [3.63, 3.8) is 0 Å². The number of likely N-dealkylation sites (tertiary alicyclic amines) is 1. The lowest BCUT2D eigenvalue weighted by Gasteiger charge is -2.31. The number of H-pyrrole nitrogens is 1. The molecule has 4 aromatic rings. The normalized spacial score (nSPS) is 17.8.